The third-order valence-electron chi connectivity index (χ3n) is 4.00. The molecule has 0 saturated heterocycles. The van der Waals surface area contributed by atoms with Gasteiger partial charge in [-0.25, -0.2) is 0 Å². The molecule has 0 aliphatic heterocycles. The Morgan fingerprint density at radius 2 is 1.55 bits per heavy atom. The van der Waals surface area contributed by atoms with E-state index in [1.54, 1.807) is 24.3 Å². The first-order chi connectivity index (χ1) is 13.8. The van der Waals surface area contributed by atoms with Gasteiger partial charge in [-0.2, -0.15) is 0 Å². The van der Waals surface area contributed by atoms with E-state index in [-0.39, 0.29) is 22.2 Å². The van der Waals surface area contributed by atoms with Crippen LogP contribution in [-0.4, -0.2) is 16.8 Å². The largest absolute Gasteiger partial charge is 0.427 e. The highest BCUT2D eigenvalue weighted by atomic mass is 35.5. The van der Waals surface area contributed by atoms with Crippen LogP contribution in [0, 0.1) is 10.1 Å². The zero-order valence-electron chi connectivity index (χ0n) is 15.2. The normalized spacial score (nSPS) is 10.3. The number of anilines is 1. The number of non-ortho nitro benzene ring substituents is 1. The molecule has 0 aliphatic rings. The van der Waals surface area contributed by atoms with Crippen molar-refractivity contribution in [1.29, 1.82) is 0 Å². The Kier molecular flexibility index (Phi) is 5.90. The molecule has 146 valence electrons. The van der Waals surface area contributed by atoms with Gasteiger partial charge in [0, 0.05) is 24.7 Å². The van der Waals surface area contributed by atoms with Crippen LogP contribution in [-0.2, 0) is 4.79 Å². The van der Waals surface area contributed by atoms with Crippen LogP contribution in [0.4, 0.5) is 11.4 Å². The van der Waals surface area contributed by atoms with Crippen LogP contribution in [0.2, 0.25) is 5.02 Å². The summed E-state index contributed by atoms with van der Waals surface area (Å²) in [7, 11) is 0. The zero-order valence-corrected chi connectivity index (χ0v) is 16.0. The number of nitrogens with one attached hydrogen (secondary N) is 1. The molecule has 8 heteroatoms. The van der Waals surface area contributed by atoms with Crippen LogP contribution >= 0.6 is 11.6 Å². The maximum Gasteiger partial charge on any atom is 0.308 e. The molecule has 1 N–H and O–H groups in total. The van der Waals surface area contributed by atoms with Crippen molar-refractivity contribution in [3.8, 4) is 16.9 Å². The minimum atomic E-state index is -0.589. The Hall–Kier alpha value is -3.71. The molecule has 0 heterocycles. The number of carbonyl (C=O) groups is 2. The van der Waals surface area contributed by atoms with E-state index >= 15 is 0 Å². The molecular formula is C21H15ClN2O5. The number of nitro groups is 1. The van der Waals surface area contributed by atoms with E-state index in [0.717, 1.165) is 17.2 Å². The summed E-state index contributed by atoms with van der Waals surface area (Å²) in [4.78, 5) is 33.7. The summed E-state index contributed by atoms with van der Waals surface area (Å²) in [5, 5.41) is 13.7. The summed E-state index contributed by atoms with van der Waals surface area (Å²) in [6.07, 6.45) is 0. The van der Waals surface area contributed by atoms with Gasteiger partial charge in [-0.05, 0) is 41.5 Å². The van der Waals surface area contributed by atoms with E-state index < -0.39 is 10.8 Å². The number of hydrogen-bond acceptors (Lipinski definition) is 5. The lowest BCUT2D eigenvalue weighted by molar-refractivity contribution is -0.384. The maximum absolute atomic E-state index is 12.4. The highest BCUT2D eigenvalue weighted by Gasteiger charge is 2.16. The van der Waals surface area contributed by atoms with Crippen molar-refractivity contribution in [2.45, 2.75) is 6.92 Å². The average Bonchev–Trinajstić information content (AvgIpc) is 2.69. The van der Waals surface area contributed by atoms with E-state index in [0.29, 0.717) is 11.4 Å². The van der Waals surface area contributed by atoms with E-state index in [4.69, 9.17) is 16.3 Å². The number of amides is 1. The predicted octanol–water partition coefficient (Wildman–Crippen LogP) is 5.09. The van der Waals surface area contributed by atoms with E-state index in [1.165, 1.54) is 19.1 Å². The third kappa shape index (κ3) is 4.97. The molecule has 3 aromatic rings. The summed E-state index contributed by atoms with van der Waals surface area (Å²) < 4.78 is 5.00. The Balaban J connectivity index is 1.74. The van der Waals surface area contributed by atoms with Crippen molar-refractivity contribution >= 4 is 34.9 Å². The number of benzene rings is 3. The van der Waals surface area contributed by atoms with Gasteiger partial charge >= 0.3 is 5.97 Å². The van der Waals surface area contributed by atoms with Crippen molar-refractivity contribution in [1.82, 2.24) is 0 Å². The van der Waals surface area contributed by atoms with Crippen LogP contribution < -0.4 is 10.1 Å². The monoisotopic (exact) mass is 410 g/mol. The zero-order chi connectivity index (χ0) is 21.0. The van der Waals surface area contributed by atoms with Crippen molar-refractivity contribution < 1.29 is 19.2 Å². The quantitative estimate of drug-likeness (QED) is 0.273. The van der Waals surface area contributed by atoms with Gasteiger partial charge in [-0.15, -0.1) is 0 Å². The van der Waals surface area contributed by atoms with Crippen LogP contribution in [0.5, 0.6) is 5.75 Å². The number of rotatable bonds is 5. The average molecular weight is 411 g/mol. The summed E-state index contributed by atoms with van der Waals surface area (Å²) in [5.41, 5.74) is 2.11. The second kappa shape index (κ2) is 8.53. The summed E-state index contributed by atoms with van der Waals surface area (Å²) in [6, 6.07) is 17.7. The second-order valence-corrected chi connectivity index (χ2v) is 6.48. The van der Waals surface area contributed by atoms with Gasteiger partial charge in [-0.3, -0.25) is 19.7 Å². The number of ether oxygens (including phenoxy) is 1. The summed E-state index contributed by atoms with van der Waals surface area (Å²) >= 11 is 6.00. The molecule has 0 radical (unpaired) electrons. The SMILES string of the molecule is CC(=O)Oc1ccc(-c2ccc(NC(=O)c3cc([N+](=O)[O-])ccc3Cl)cc2)cc1. The van der Waals surface area contributed by atoms with Gasteiger partial charge in [-0.1, -0.05) is 35.9 Å². The first-order valence-corrected chi connectivity index (χ1v) is 8.85. The van der Waals surface area contributed by atoms with Crippen LogP contribution in [0.3, 0.4) is 0 Å². The lowest BCUT2D eigenvalue weighted by atomic mass is 10.1. The van der Waals surface area contributed by atoms with Crippen LogP contribution in [0.1, 0.15) is 17.3 Å². The number of hydrogen-bond donors (Lipinski definition) is 1. The van der Waals surface area contributed by atoms with Crippen molar-refractivity contribution in [3.05, 3.63) is 87.4 Å². The van der Waals surface area contributed by atoms with Gasteiger partial charge in [0.25, 0.3) is 11.6 Å². The molecular weight excluding hydrogens is 396 g/mol. The smallest absolute Gasteiger partial charge is 0.308 e. The molecule has 0 atom stereocenters. The number of nitro benzene ring substituents is 1. The molecule has 3 aromatic carbocycles. The molecule has 3 rings (SSSR count). The number of carbonyl (C=O) groups excluding carboxylic acids is 2. The third-order valence-corrected chi connectivity index (χ3v) is 4.33. The fourth-order valence-electron chi connectivity index (χ4n) is 2.63. The number of esters is 1. The minimum Gasteiger partial charge on any atom is -0.427 e. The lowest BCUT2D eigenvalue weighted by Gasteiger charge is -2.08. The Morgan fingerprint density at radius 3 is 2.10 bits per heavy atom. The van der Waals surface area contributed by atoms with E-state index in [9.17, 15) is 19.7 Å². The fraction of sp³-hybridized carbons (Fsp3) is 0.0476. The van der Waals surface area contributed by atoms with Crippen molar-refractivity contribution in [3.63, 3.8) is 0 Å². The molecule has 0 saturated carbocycles. The first kappa shape index (κ1) is 20.0. The van der Waals surface area contributed by atoms with E-state index in [1.807, 2.05) is 24.3 Å². The minimum absolute atomic E-state index is 0.0194. The van der Waals surface area contributed by atoms with Crippen LogP contribution in [0.15, 0.2) is 66.7 Å². The molecule has 1 amide bonds. The Morgan fingerprint density at radius 1 is 0.966 bits per heavy atom. The molecule has 0 aromatic heterocycles. The Bertz CT molecular complexity index is 1080. The van der Waals surface area contributed by atoms with Gasteiger partial charge in [0.05, 0.1) is 15.5 Å². The molecule has 7 nitrogen and oxygen atoms in total. The van der Waals surface area contributed by atoms with Gasteiger partial charge in [0.2, 0.25) is 0 Å². The standard InChI is InChI=1S/C21H15ClN2O5/c1-13(25)29-18-9-4-15(5-10-18)14-2-6-16(7-3-14)23-21(26)19-12-17(24(27)28)8-11-20(19)22/h2-12H,1H3,(H,23,26). The highest BCUT2D eigenvalue weighted by Crippen LogP contribution is 2.26. The molecule has 29 heavy (non-hydrogen) atoms. The molecule has 0 fully saturated rings. The molecule has 0 aliphatic carbocycles. The summed E-state index contributed by atoms with van der Waals surface area (Å²) in [6.45, 7) is 1.34. The number of nitrogens with zero attached hydrogens (tertiary/aromatic N) is 1. The van der Waals surface area contributed by atoms with Crippen LogP contribution in [0.25, 0.3) is 11.1 Å². The highest BCUT2D eigenvalue weighted by molar-refractivity contribution is 6.34. The van der Waals surface area contributed by atoms with Gasteiger partial charge < -0.3 is 10.1 Å². The predicted molar refractivity (Wildman–Crippen MR) is 109 cm³/mol. The molecule has 0 unspecified atom stereocenters. The first-order valence-electron chi connectivity index (χ1n) is 8.48. The summed E-state index contributed by atoms with van der Waals surface area (Å²) in [5.74, 6) is -0.474. The van der Waals surface area contributed by atoms with E-state index in [2.05, 4.69) is 5.32 Å². The maximum atomic E-state index is 12.4. The van der Waals surface area contributed by atoms with Gasteiger partial charge in [0.1, 0.15) is 5.75 Å². The molecule has 0 bridgehead atoms. The molecule has 0 spiro atoms. The second-order valence-electron chi connectivity index (χ2n) is 6.07. The van der Waals surface area contributed by atoms with Gasteiger partial charge in [0.15, 0.2) is 0 Å². The fourth-order valence-corrected chi connectivity index (χ4v) is 2.83. The Labute approximate surface area is 171 Å². The number of halogens is 1. The lowest BCUT2D eigenvalue weighted by Crippen LogP contribution is -2.12. The van der Waals surface area contributed by atoms with Crippen molar-refractivity contribution in [2.75, 3.05) is 5.32 Å². The van der Waals surface area contributed by atoms with Crippen molar-refractivity contribution in [2.24, 2.45) is 0 Å². The topological polar surface area (TPSA) is 98.5 Å².